The van der Waals surface area contributed by atoms with Crippen molar-refractivity contribution in [3.8, 4) is 0 Å². The Morgan fingerprint density at radius 1 is 1.19 bits per heavy atom. The lowest BCUT2D eigenvalue weighted by Crippen LogP contribution is -2.33. The van der Waals surface area contributed by atoms with Gasteiger partial charge in [-0.2, -0.15) is 0 Å². The number of thiocarbonyl (C=S) groups is 1. The maximum Gasteiger partial charge on any atom is 0.0816 e. The molecule has 1 aromatic carbocycles. The van der Waals surface area contributed by atoms with Gasteiger partial charge in [0.05, 0.1) is 4.99 Å². The molecule has 1 unspecified atom stereocenters. The van der Waals surface area contributed by atoms with Crippen LogP contribution in [0.4, 0.5) is 0 Å². The Morgan fingerprint density at radius 3 is 2.52 bits per heavy atom. The Balaban J connectivity index is 1.93. The largest absolute Gasteiger partial charge is 0.393 e. The number of hydrogen-bond donors (Lipinski definition) is 1. The molecule has 2 rings (SSSR count). The molecule has 0 aliphatic rings. The Morgan fingerprint density at radius 2 is 1.90 bits per heavy atom. The number of rotatable bonds is 7. The van der Waals surface area contributed by atoms with Crippen molar-refractivity contribution in [2.45, 2.75) is 12.3 Å². The third-order valence-corrected chi connectivity index (χ3v) is 3.80. The number of pyridine rings is 1. The third kappa shape index (κ3) is 4.92. The highest BCUT2D eigenvalue weighted by Crippen LogP contribution is 2.17. The van der Waals surface area contributed by atoms with Crippen molar-refractivity contribution in [2.24, 2.45) is 5.73 Å². The molecule has 0 aliphatic carbocycles. The highest BCUT2D eigenvalue weighted by atomic mass is 32.1. The van der Waals surface area contributed by atoms with E-state index in [1.807, 2.05) is 36.5 Å². The lowest BCUT2D eigenvalue weighted by atomic mass is 9.98. The molecule has 21 heavy (non-hydrogen) atoms. The van der Waals surface area contributed by atoms with E-state index in [9.17, 15) is 0 Å². The first kappa shape index (κ1) is 15.6. The molecule has 0 saturated heterocycles. The first-order chi connectivity index (χ1) is 10.2. The molecule has 4 heteroatoms. The molecule has 0 aliphatic heterocycles. The quantitative estimate of drug-likeness (QED) is 0.798. The Kier molecular flexibility index (Phi) is 5.84. The van der Waals surface area contributed by atoms with Crippen LogP contribution in [0.2, 0.25) is 0 Å². The van der Waals surface area contributed by atoms with Gasteiger partial charge in [0.2, 0.25) is 0 Å². The molecule has 2 N–H and O–H groups in total. The summed E-state index contributed by atoms with van der Waals surface area (Å²) in [6.45, 7) is 1.76. The molecule has 1 atom stereocenters. The van der Waals surface area contributed by atoms with E-state index in [0.29, 0.717) is 4.99 Å². The van der Waals surface area contributed by atoms with E-state index < -0.39 is 0 Å². The second-order valence-corrected chi connectivity index (χ2v) is 5.67. The van der Waals surface area contributed by atoms with E-state index in [2.05, 4.69) is 35.1 Å². The van der Waals surface area contributed by atoms with Crippen molar-refractivity contribution in [3.05, 3.63) is 66.0 Å². The fraction of sp³-hybridized carbons (Fsp3) is 0.294. The summed E-state index contributed by atoms with van der Waals surface area (Å²) in [5.74, 6) is 0.0925. The highest BCUT2D eigenvalue weighted by molar-refractivity contribution is 7.80. The fourth-order valence-electron chi connectivity index (χ4n) is 2.30. The Labute approximate surface area is 131 Å². The van der Waals surface area contributed by atoms with Crippen molar-refractivity contribution in [2.75, 3.05) is 20.1 Å². The number of nitrogens with zero attached hydrogens (tertiary/aromatic N) is 2. The topological polar surface area (TPSA) is 42.2 Å². The number of nitrogens with two attached hydrogens (primary N) is 1. The zero-order valence-electron chi connectivity index (χ0n) is 12.3. The summed E-state index contributed by atoms with van der Waals surface area (Å²) in [4.78, 5) is 7.15. The smallest absolute Gasteiger partial charge is 0.0816 e. The van der Waals surface area contributed by atoms with Gasteiger partial charge in [0.1, 0.15) is 0 Å². The van der Waals surface area contributed by atoms with Crippen LogP contribution in [-0.2, 0) is 6.42 Å². The van der Waals surface area contributed by atoms with Gasteiger partial charge in [0.15, 0.2) is 0 Å². The van der Waals surface area contributed by atoms with Crippen LogP contribution in [0.15, 0.2) is 54.7 Å². The number of hydrogen-bond acceptors (Lipinski definition) is 3. The summed E-state index contributed by atoms with van der Waals surface area (Å²) in [7, 11) is 2.09. The Hall–Kier alpha value is -1.78. The third-order valence-electron chi connectivity index (χ3n) is 3.52. The normalized spacial score (nSPS) is 12.3. The van der Waals surface area contributed by atoms with Crippen molar-refractivity contribution < 1.29 is 0 Å². The van der Waals surface area contributed by atoms with Crippen molar-refractivity contribution in [1.82, 2.24) is 9.88 Å². The van der Waals surface area contributed by atoms with Gasteiger partial charge < -0.3 is 10.6 Å². The van der Waals surface area contributed by atoms with Crippen LogP contribution in [0, 0.1) is 0 Å². The predicted octanol–water partition coefficient (Wildman–Crippen LogP) is 2.63. The van der Waals surface area contributed by atoms with Gasteiger partial charge in [0, 0.05) is 37.3 Å². The molecule has 3 nitrogen and oxygen atoms in total. The lowest BCUT2D eigenvalue weighted by molar-refractivity contribution is 0.334. The van der Waals surface area contributed by atoms with Gasteiger partial charge in [-0.3, -0.25) is 4.98 Å². The van der Waals surface area contributed by atoms with E-state index in [-0.39, 0.29) is 5.92 Å². The molecule has 2 aromatic rings. The lowest BCUT2D eigenvalue weighted by Gasteiger charge is -2.23. The molecule has 0 bridgehead atoms. The molecular weight excluding hydrogens is 278 g/mol. The second-order valence-electron chi connectivity index (χ2n) is 5.20. The van der Waals surface area contributed by atoms with Gasteiger partial charge in [0.25, 0.3) is 0 Å². The van der Waals surface area contributed by atoms with Crippen LogP contribution in [0.3, 0.4) is 0 Å². The van der Waals surface area contributed by atoms with E-state index >= 15 is 0 Å². The number of aromatic nitrogens is 1. The minimum Gasteiger partial charge on any atom is -0.393 e. The second kappa shape index (κ2) is 7.86. The summed E-state index contributed by atoms with van der Waals surface area (Å²) >= 11 is 5.23. The Bertz CT molecular complexity index is 557. The van der Waals surface area contributed by atoms with Gasteiger partial charge in [-0.15, -0.1) is 0 Å². The van der Waals surface area contributed by atoms with Gasteiger partial charge in [-0.05, 0) is 24.7 Å². The van der Waals surface area contributed by atoms with E-state index in [1.54, 1.807) is 0 Å². The molecule has 0 spiro atoms. The molecule has 1 aromatic heterocycles. The molecule has 0 fully saturated rings. The minimum atomic E-state index is 0.0925. The summed E-state index contributed by atoms with van der Waals surface area (Å²) in [6, 6.07) is 16.2. The first-order valence-corrected chi connectivity index (χ1v) is 7.50. The zero-order valence-corrected chi connectivity index (χ0v) is 13.1. The zero-order chi connectivity index (χ0) is 15.1. The van der Waals surface area contributed by atoms with Gasteiger partial charge >= 0.3 is 0 Å². The molecule has 0 radical (unpaired) electrons. The maximum atomic E-state index is 5.92. The van der Waals surface area contributed by atoms with Crippen LogP contribution in [0.25, 0.3) is 0 Å². The van der Waals surface area contributed by atoms with E-state index in [0.717, 1.165) is 25.2 Å². The van der Waals surface area contributed by atoms with Crippen molar-refractivity contribution in [3.63, 3.8) is 0 Å². The minimum absolute atomic E-state index is 0.0925. The molecule has 110 valence electrons. The van der Waals surface area contributed by atoms with Gasteiger partial charge in [-0.25, -0.2) is 0 Å². The highest BCUT2D eigenvalue weighted by Gasteiger charge is 2.16. The molecular formula is C17H21N3S. The number of benzene rings is 1. The van der Waals surface area contributed by atoms with E-state index in [1.165, 1.54) is 5.56 Å². The average Bonchev–Trinajstić information content (AvgIpc) is 2.52. The standard InChI is InChI=1S/C17H21N3S/c1-20(12-10-15-9-5-6-11-19-15)13-16(17(18)21)14-7-3-2-4-8-14/h2-9,11,16H,10,12-13H2,1H3,(H2,18,21). The SMILES string of the molecule is CN(CCc1ccccn1)CC(C(N)=S)c1ccccc1. The van der Waals surface area contributed by atoms with Crippen LogP contribution in [0.1, 0.15) is 17.2 Å². The molecule has 1 heterocycles. The monoisotopic (exact) mass is 299 g/mol. The maximum absolute atomic E-state index is 5.92. The van der Waals surface area contributed by atoms with Crippen LogP contribution in [-0.4, -0.2) is 35.0 Å². The average molecular weight is 299 g/mol. The first-order valence-electron chi connectivity index (χ1n) is 7.09. The van der Waals surface area contributed by atoms with E-state index in [4.69, 9.17) is 18.0 Å². The van der Waals surface area contributed by atoms with Crippen molar-refractivity contribution >= 4 is 17.2 Å². The molecule has 0 saturated carbocycles. The van der Waals surface area contributed by atoms with Crippen molar-refractivity contribution in [1.29, 1.82) is 0 Å². The summed E-state index contributed by atoms with van der Waals surface area (Å²) in [5.41, 5.74) is 8.20. The van der Waals surface area contributed by atoms with Gasteiger partial charge in [-0.1, -0.05) is 48.6 Å². The number of likely N-dealkylation sites (N-methyl/N-ethyl adjacent to an activating group) is 1. The summed E-state index contributed by atoms with van der Waals surface area (Å²) in [5, 5.41) is 0. The molecule has 0 amide bonds. The van der Waals surface area contributed by atoms with Crippen LogP contribution >= 0.6 is 12.2 Å². The predicted molar refractivity (Wildman–Crippen MR) is 91.4 cm³/mol. The van der Waals surface area contributed by atoms with Crippen LogP contribution in [0.5, 0.6) is 0 Å². The van der Waals surface area contributed by atoms with Crippen LogP contribution < -0.4 is 5.73 Å². The summed E-state index contributed by atoms with van der Waals surface area (Å²) < 4.78 is 0. The fourth-order valence-corrected chi connectivity index (χ4v) is 2.51. The summed E-state index contributed by atoms with van der Waals surface area (Å²) in [6.07, 6.45) is 2.76.